The third-order valence-electron chi connectivity index (χ3n) is 6.00. The largest absolute Gasteiger partial charge is 0.437 e. The molecule has 3 rings (SSSR count). The van der Waals surface area contributed by atoms with E-state index in [-0.39, 0.29) is 5.91 Å². The molecule has 0 unspecified atom stereocenters. The van der Waals surface area contributed by atoms with Crippen molar-refractivity contribution in [3.8, 4) is 10.6 Å². The van der Waals surface area contributed by atoms with E-state index in [1.165, 1.54) is 16.0 Å². The van der Waals surface area contributed by atoms with Crippen LogP contribution in [0.25, 0.3) is 21.5 Å². The predicted octanol–water partition coefficient (Wildman–Crippen LogP) is 4.59. The molecule has 0 radical (unpaired) electrons. The summed E-state index contributed by atoms with van der Waals surface area (Å²) in [6, 6.07) is 8.55. The highest BCUT2D eigenvalue weighted by molar-refractivity contribution is 7.13. The lowest BCUT2D eigenvalue weighted by Crippen LogP contribution is -2.43. The third kappa shape index (κ3) is 4.89. The minimum Gasteiger partial charge on any atom is -0.437 e. The number of amides is 1. The number of likely N-dealkylation sites (N-methyl/N-ethyl adjacent to an activating group) is 1. The van der Waals surface area contributed by atoms with Gasteiger partial charge in [-0.2, -0.15) is 0 Å². The van der Waals surface area contributed by atoms with Gasteiger partial charge in [-0.3, -0.25) is 4.79 Å². The van der Waals surface area contributed by atoms with E-state index < -0.39 is 12.5 Å². The number of aromatic nitrogens is 1. The van der Waals surface area contributed by atoms with E-state index >= 15 is 0 Å². The molecule has 2 aromatic heterocycles. The molecule has 5 nitrogen and oxygen atoms in total. The molecular formula is C24H34BN3O2S. The molecule has 31 heavy (non-hydrogen) atoms. The fourth-order valence-corrected chi connectivity index (χ4v) is 5.03. The van der Waals surface area contributed by atoms with Crippen molar-refractivity contribution >= 4 is 35.2 Å². The van der Waals surface area contributed by atoms with Gasteiger partial charge in [0.1, 0.15) is 0 Å². The van der Waals surface area contributed by atoms with Crippen LogP contribution in [-0.2, 0) is 16.6 Å². The summed E-state index contributed by atoms with van der Waals surface area (Å²) < 4.78 is 0. The average molecular weight is 439 g/mol. The van der Waals surface area contributed by atoms with Crippen LogP contribution in [0.15, 0.2) is 29.6 Å². The molecule has 0 aliphatic heterocycles. The number of fused-ring (bicyclic) bond motifs is 1. The monoisotopic (exact) mass is 439 g/mol. The van der Waals surface area contributed by atoms with E-state index in [0.29, 0.717) is 19.6 Å². The van der Waals surface area contributed by atoms with Gasteiger partial charge in [0, 0.05) is 24.0 Å². The molecule has 0 aliphatic carbocycles. The van der Waals surface area contributed by atoms with Gasteiger partial charge < -0.3 is 20.1 Å². The van der Waals surface area contributed by atoms with Gasteiger partial charge in [-0.25, -0.2) is 0 Å². The number of H-pyrrole nitrogens is 1. The minimum absolute atomic E-state index is 0.152. The van der Waals surface area contributed by atoms with Crippen LogP contribution in [0.5, 0.6) is 0 Å². The van der Waals surface area contributed by atoms with Gasteiger partial charge >= 0.3 is 7.05 Å². The summed E-state index contributed by atoms with van der Waals surface area (Å²) in [7, 11) is -0.543. The molecule has 0 saturated heterocycles. The highest BCUT2D eigenvalue weighted by Crippen LogP contribution is 2.37. The number of nitrogens with zero attached hydrogens (tertiary/aromatic N) is 1. The fraction of sp³-hybridized carbons (Fsp3) is 0.458. The lowest BCUT2D eigenvalue weighted by Gasteiger charge is -2.31. The molecular weight excluding hydrogens is 405 g/mol. The Morgan fingerprint density at radius 2 is 1.97 bits per heavy atom. The molecule has 1 aromatic carbocycles. The van der Waals surface area contributed by atoms with Gasteiger partial charge in [-0.15, -0.1) is 11.3 Å². The third-order valence-corrected chi connectivity index (χ3v) is 7.07. The van der Waals surface area contributed by atoms with Crippen LogP contribution < -0.4 is 5.23 Å². The van der Waals surface area contributed by atoms with Crippen molar-refractivity contribution in [3.63, 3.8) is 0 Å². The molecule has 0 atom stereocenters. The minimum atomic E-state index is -0.605. The number of benzene rings is 1. The maximum absolute atomic E-state index is 13.2. The van der Waals surface area contributed by atoms with Gasteiger partial charge in [-0.05, 0) is 94.7 Å². The summed E-state index contributed by atoms with van der Waals surface area (Å²) in [5, 5.41) is 16.1. The number of thiophene rings is 1. The second-order valence-electron chi connectivity index (χ2n) is 8.71. The number of carbonyl (C=O) groups is 1. The van der Waals surface area contributed by atoms with Crippen LogP contribution >= 0.6 is 11.3 Å². The van der Waals surface area contributed by atoms with Crippen LogP contribution in [-0.4, -0.2) is 47.5 Å². The number of aromatic amines is 1. The lowest BCUT2D eigenvalue weighted by atomic mass is 9.82. The molecule has 3 N–H and O–H groups in total. The normalized spacial score (nSPS) is 11.8. The van der Waals surface area contributed by atoms with Crippen LogP contribution in [0.2, 0.25) is 6.82 Å². The van der Waals surface area contributed by atoms with E-state index in [4.69, 9.17) is 0 Å². The topological polar surface area (TPSA) is 68.4 Å². The quantitative estimate of drug-likeness (QED) is 0.427. The van der Waals surface area contributed by atoms with Crippen LogP contribution in [0, 0.1) is 6.92 Å². The van der Waals surface area contributed by atoms with Crippen LogP contribution in [0.4, 0.5) is 0 Å². The fourth-order valence-electron chi connectivity index (χ4n) is 4.10. The summed E-state index contributed by atoms with van der Waals surface area (Å²) in [5.74, 6) is 0.152. The molecule has 166 valence electrons. The summed E-state index contributed by atoms with van der Waals surface area (Å²) in [4.78, 5) is 19.9. The lowest BCUT2D eigenvalue weighted by molar-refractivity contribution is -0.135. The van der Waals surface area contributed by atoms with Crippen molar-refractivity contribution in [1.82, 2.24) is 15.1 Å². The van der Waals surface area contributed by atoms with Crippen molar-refractivity contribution < 1.29 is 9.82 Å². The van der Waals surface area contributed by atoms with E-state index in [1.54, 1.807) is 18.2 Å². The molecule has 0 spiro atoms. The van der Waals surface area contributed by atoms with Crippen molar-refractivity contribution in [2.75, 3.05) is 19.6 Å². The summed E-state index contributed by atoms with van der Waals surface area (Å²) in [5.41, 5.74) is 5.09. The smallest absolute Gasteiger partial charge is 0.373 e. The molecule has 0 saturated carbocycles. The van der Waals surface area contributed by atoms with Gasteiger partial charge in [-0.1, -0.05) is 6.07 Å². The van der Waals surface area contributed by atoms with Crippen LogP contribution in [0.1, 0.15) is 44.4 Å². The first-order chi connectivity index (χ1) is 14.7. The number of aryl methyl sites for hydroxylation is 1. The van der Waals surface area contributed by atoms with E-state index in [2.05, 4.69) is 46.8 Å². The van der Waals surface area contributed by atoms with Crippen molar-refractivity contribution in [1.29, 1.82) is 0 Å². The van der Waals surface area contributed by atoms with Crippen molar-refractivity contribution in [2.45, 2.75) is 53.3 Å². The first-order valence-corrected chi connectivity index (χ1v) is 12.0. The Morgan fingerprint density at radius 1 is 1.26 bits per heavy atom. The van der Waals surface area contributed by atoms with Crippen molar-refractivity contribution in [2.24, 2.45) is 0 Å². The summed E-state index contributed by atoms with van der Waals surface area (Å²) in [6.07, 6.45) is 0.783. The standard InChI is InChI=1S/C24H34BN3O2S/c1-7-28(8-2)23(29)24(4,5)17-9-10-20-19(14-17)18(11-12-26-25(6)30)22(27-20)21-13-16(3)15-31-21/h9-10,13-15,26-27,30H,7-8,11-12H2,1-6H3. The Bertz CT molecular complexity index is 1050. The Hall–Kier alpha value is -2.09. The zero-order valence-corrected chi connectivity index (χ0v) is 20.3. The van der Waals surface area contributed by atoms with E-state index in [9.17, 15) is 9.82 Å². The first-order valence-electron chi connectivity index (χ1n) is 11.1. The van der Waals surface area contributed by atoms with E-state index in [0.717, 1.165) is 28.6 Å². The highest BCUT2D eigenvalue weighted by atomic mass is 32.1. The number of nitrogens with one attached hydrogen (secondary N) is 2. The van der Waals surface area contributed by atoms with Gasteiger partial charge in [0.2, 0.25) is 5.91 Å². The number of hydrogen-bond donors (Lipinski definition) is 3. The predicted molar refractivity (Wildman–Crippen MR) is 133 cm³/mol. The number of rotatable bonds is 9. The molecule has 0 bridgehead atoms. The van der Waals surface area contributed by atoms with Crippen molar-refractivity contribution in [3.05, 3.63) is 46.3 Å². The maximum atomic E-state index is 13.2. The summed E-state index contributed by atoms with van der Waals surface area (Å²) >= 11 is 1.73. The zero-order chi connectivity index (χ0) is 22.8. The first kappa shape index (κ1) is 23.6. The number of hydrogen-bond acceptors (Lipinski definition) is 4. The SMILES string of the molecule is CCN(CC)C(=O)C(C)(C)c1ccc2[nH]c(-c3cc(C)cs3)c(CCNB(C)O)c2c1. The highest BCUT2D eigenvalue weighted by Gasteiger charge is 2.33. The molecule has 2 heterocycles. The van der Waals surface area contributed by atoms with Gasteiger partial charge in [0.05, 0.1) is 16.0 Å². The van der Waals surface area contributed by atoms with Gasteiger partial charge in [0.15, 0.2) is 0 Å². The Balaban J connectivity index is 2.08. The van der Waals surface area contributed by atoms with Crippen LogP contribution in [0.3, 0.4) is 0 Å². The second-order valence-corrected chi connectivity index (χ2v) is 9.62. The van der Waals surface area contributed by atoms with Gasteiger partial charge in [0.25, 0.3) is 0 Å². The Morgan fingerprint density at radius 3 is 2.55 bits per heavy atom. The molecule has 7 heteroatoms. The molecule has 1 amide bonds. The molecule has 0 aliphatic rings. The Kier molecular flexibility index (Phi) is 7.29. The molecule has 3 aromatic rings. The maximum Gasteiger partial charge on any atom is 0.373 e. The average Bonchev–Trinajstić information content (AvgIpc) is 3.31. The number of carbonyl (C=O) groups excluding carboxylic acids is 1. The second kappa shape index (κ2) is 9.59. The Labute approximate surface area is 190 Å². The van der Waals surface area contributed by atoms with E-state index in [1.807, 2.05) is 32.6 Å². The molecule has 0 fully saturated rings. The zero-order valence-electron chi connectivity index (χ0n) is 19.5. The summed E-state index contributed by atoms with van der Waals surface area (Å²) in [6.45, 7) is 14.0.